The Balaban J connectivity index is 1.71. The van der Waals surface area contributed by atoms with Gasteiger partial charge in [-0.25, -0.2) is 9.78 Å². The van der Waals surface area contributed by atoms with Crippen LogP contribution in [0, 0.1) is 0 Å². The van der Waals surface area contributed by atoms with Crippen LogP contribution in [0.1, 0.15) is 5.56 Å². The van der Waals surface area contributed by atoms with E-state index in [4.69, 9.17) is 11.6 Å². The number of rotatable bonds is 4. The average molecular weight is 415 g/mol. The zero-order valence-electron chi connectivity index (χ0n) is 13.3. The Morgan fingerprint density at radius 3 is 2.74 bits per heavy atom. The number of benzene rings is 1. The smallest absolute Gasteiger partial charge is 0.324 e. The summed E-state index contributed by atoms with van der Waals surface area (Å²) in [6, 6.07) is 7.58. The number of nitrogens with zero attached hydrogens (tertiary/aromatic N) is 3. The standard InChI is InChI=1S/C16H10ClF3N4O2S/c17-10-5-4-9(16(18,19)20)7-11(10)21-13(25)8-27-14-22-12-3-1-2-6-24(12)15(26)23-14/h1-7H,8H2,(H,21,25). The highest BCUT2D eigenvalue weighted by atomic mass is 35.5. The van der Waals surface area contributed by atoms with E-state index < -0.39 is 23.3 Å². The van der Waals surface area contributed by atoms with Crippen molar-refractivity contribution >= 4 is 40.6 Å². The normalized spacial score (nSPS) is 11.6. The molecule has 1 aromatic carbocycles. The molecule has 0 aliphatic rings. The summed E-state index contributed by atoms with van der Waals surface area (Å²) in [5.41, 5.74) is -1.27. The lowest BCUT2D eigenvalue weighted by atomic mass is 10.2. The average Bonchev–Trinajstić information content (AvgIpc) is 2.61. The first-order chi connectivity index (χ1) is 12.7. The molecule has 11 heteroatoms. The van der Waals surface area contributed by atoms with E-state index in [1.807, 2.05) is 0 Å². The van der Waals surface area contributed by atoms with Gasteiger partial charge in [-0.1, -0.05) is 29.4 Å². The van der Waals surface area contributed by atoms with Gasteiger partial charge in [-0.3, -0.25) is 9.20 Å². The molecule has 0 unspecified atom stereocenters. The third kappa shape index (κ3) is 4.58. The number of anilines is 1. The molecule has 140 valence electrons. The second-order valence-corrected chi connectivity index (χ2v) is 6.60. The number of pyridine rings is 1. The van der Waals surface area contributed by atoms with Gasteiger partial charge in [0.2, 0.25) is 5.91 Å². The first-order valence-electron chi connectivity index (χ1n) is 7.39. The van der Waals surface area contributed by atoms with Crippen LogP contribution < -0.4 is 11.0 Å². The molecule has 2 aromatic heterocycles. The molecule has 2 heterocycles. The number of fused-ring (bicyclic) bond motifs is 1. The first-order valence-corrected chi connectivity index (χ1v) is 8.75. The molecule has 3 aromatic rings. The molecule has 0 radical (unpaired) electrons. The monoisotopic (exact) mass is 414 g/mol. The molecule has 0 fully saturated rings. The fourth-order valence-corrected chi connectivity index (χ4v) is 2.92. The molecular weight excluding hydrogens is 405 g/mol. The zero-order valence-corrected chi connectivity index (χ0v) is 14.9. The van der Waals surface area contributed by atoms with Crippen LogP contribution in [0.5, 0.6) is 0 Å². The maximum Gasteiger partial charge on any atom is 0.416 e. The number of nitrogens with one attached hydrogen (secondary N) is 1. The SMILES string of the molecule is O=C(CSc1nc(=O)n2ccccc2n1)Nc1cc(C(F)(F)F)ccc1Cl. The Kier molecular flexibility index (Phi) is 5.38. The number of amides is 1. The maximum atomic E-state index is 12.8. The Bertz CT molecular complexity index is 1070. The highest BCUT2D eigenvalue weighted by Gasteiger charge is 2.31. The number of hydrogen-bond donors (Lipinski definition) is 1. The van der Waals surface area contributed by atoms with Crippen molar-refractivity contribution in [2.75, 3.05) is 11.1 Å². The van der Waals surface area contributed by atoms with Crippen LogP contribution in [-0.4, -0.2) is 26.0 Å². The molecule has 27 heavy (non-hydrogen) atoms. The van der Waals surface area contributed by atoms with E-state index in [0.29, 0.717) is 5.65 Å². The third-order valence-electron chi connectivity index (χ3n) is 3.35. The first kappa shape index (κ1) is 19.2. The quantitative estimate of drug-likeness (QED) is 0.661. The van der Waals surface area contributed by atoms with Gasteiger partial charge in [0.25, 0.3) is 0 Å². The van der Waals surface area contributed by atoms with Crippen LogP contribution in [0.4, 0.5) is 18.9 Å². The van der Waals surface area contributed by atoms with E-state index in [9.17, 15) is 22.8 Å². The fraction of sp³-hybridized carbons (Fsp3) is 0.125. The number of hydrogen-bond acceptors (Lipinski definition) is 5. The molecule has 6 nitrogen and oxygen atoms in total. The number of carbonyl (C=O) groups is 1. The summed E-state index contributed by atoms with van der Waals surface area (Å²) in [5.74, 6) is -0.826. The van der Waals surface area contributed by atoms with Crippen molar-refractivity contribution in [3.8, 4) is 0 Å². The van der Waals surface area contributed by atoms with Gasteiger partial charge in [-0.2, -0.15) is 18.2 Å². The van der Waals surface area contributed by atoms with Crippen molar-refractivity contribution in [3.05, 3.63) is 63.7 Å². The van der Waals surface area contributed by atoms with Crippen molar-refractivity contribution in [1.82, 2.24) is 14.4 Å². The Labute approximate surface area is 159 Å². The third-order valence-corrected chi connectivity index (χ3v) is 4.52. The highest BCUT2D eigenvalue weighted by Crippen LogP contribution is 2.33. The molecule has 0 aliphatic heterocycles. The lowest BCUT2D eigenvalue weighted by molar-refractivity contribution is -0.137. The number of aromatic nitrogens is 3. The molecule has 3 rings (SSSR count). The van der Waals surface area contributed by atoms with E-state index in [2.05, 4.69) is 15.3 Å². The largest absolute Gasteiger partial charge is 0.416 e. The number of halogens is 4. The van der Waals surface area contributed by atoms with Crippen LogP contribution in [0.3, 0.4) is 0 Å². The van der Waals surface area contributed by atoms with Crippen molar-refractivity contribution in [1.29, 1.82) is 0 Å². The predicted molar refractivity (Wildman–Crippen MR) is 95.1 cm³/mol. The second kappa shape index (κ2) is 7.57. The Morgan fingerprint density at radius 2 is 2.00 bits per heavy atom. The van der Waals surface area contributed by atoms with Crippen molar-refractivity contribution in [3.63, 3.8) is 0 Å². The molecule has 0 spiro atoms. The van der Waals surface area contributed by atoms with Gasteiger partial charge < -0.3 is 5.32 Å². The van der Waals surface area contributed by atoms with Crippen LogP contribution in [-0.2, 0) is 11.0 Å². The van der Waals surface area contributed by atoms with Crippen LogP contribution in [0.2, 0.25) is 5.02 Å². The maximum absolute atomic E-state index is 12.8. The minimum absolute atomic E-state index is 0.0263. The fourth-order valence-electron chi connectivity index (χ4n) is 2.12. The predicted octanol–water partition coefficient (Wildman–Crippen LogP) is 3.49. The van der Waals surface area contributed by atoms with E-state index in [1.54, 1.807) is 18.2 Å². The summed E-state index contributed by atoms with van der Waals surface area (Å²) in [4.78, 5) is 31.8. The van der Waals surface area contributed by atoms with Crippen molar-refractivity contribution in [2.45, 2.75) is 11.3 Å². The van der Waals surface area contributed by atoms with Gasteiger partial charge in [0, 0.05) is 6.20 Å². The Hall–Kier alpha value is -2.59. The van der Waals surface area contributed by atoms with Crippen LogP contribution in [0.15, 0.2) is 52.5 Å². The Morgan fingerprint density at radius 1 is 1.22 bits per heavy atom. The second-order valence-electron chi connectivity index (χ2n) is 5.25. The molecule has 0 saturated carbocycles. The molecule has 0 atom stereocenters. The summed E-state index contributed by atoms with van der Waals surface area (Å²) in [6.07, 6.45) is -3.05. The summed E-state index contributed by atoms with van der Waals surface area (Å²) in [6.45, 7) is 0. The van der Waals surface area contributed by atoms with Crippen LogP contribution in [0.25, 0.3) is 5.65 Å². The lowest BCUT2D eigenvalue weighted by Gasteiger charge is -2.11. The van der Waals surface area contributed by atoms with Crippen molar-refractivity contribution in [2.24, 2.45) is 0 Å². The van der Waals surface area contributed by atoms with Gasteiger partial charge in [0.05, 0.1) is 22.0 Å². The minimum atomic E-state index is -4.56. The van der Waals surface area contributed by atoms with Gasteiger partial charge in [0.1, 0.15) is 5.65 Å². The molecule has 1 N–H and O–H groups in total. The van der Waals surface area contributed by atoms with E-state index in [-0.39, 0.29) is 21.6 Å². The zero-order chi connectivity index (χ0) is 19.6. The lowest BCUT2D eigenvalue weighted by Crippen LogP contribution is -2.20. The minimum Gasteiger partial charge on any atom is -0.324 e. The highest BCUT2D eigenvalue weighted by molar-refractivity contribution is 7.99. The molecule has 0 saturated heterocycles. The molecule has 1 amide bonds. The summed E-state index contributed by atoms with van der Waals surface area (Å²) < 4.78 is 39.5. The molecular formula is C16H10ClF3N4O2S. The van der Waals surface area contributed by atoms with E-state index >= 15 is 0 Å². The van der Waals surface area contributed by atoms with Gasteiger partial charge >= 0.3 is 11.9 Å². The van der Waals surface area contributed by atoms with E-state index in [0.717, 1.165) is 30.0 Å². The number of carbonyl (C=O) groups excluding carboxylic acids is 1. The topological polar surface area (TPSA) is 76.4 Å². The van der Waals surface area contributed by atoms with Gasteiger partial charge in [-0.15, -0.1) is 0 Å². The number of thioether (sulfide) groups is 1. The van der Waals surface area contributed by atoms with Gasteiger partial charge in [-0.05, 0) is 30.3 Å². The molecule has 0 bridgehead atoms. The number of alkyl halides is 3. The summed E-state index contributed by atoms with van der Waals surface area (Å²) in [5, 5.41) is 2.37. The summed E-state index contributed by atoms with van der Waals surface area (Å²) in [7, 11) is 0. The van der Waals surface area contributed by atoms with Crippen molar-refractivity contribution < 1.29 is 18.0 Å². The van der Waals surface area contributed by atoms with Gasteiger partial charge in [0.15, 0.2) is 5.16 Å². The van der Waals surface area contributed by atoms with Crippen LogP contribution >= 0.6 is 23.4 Å². The van der Waals surface area contributed by atoms with E-state index in [1.165, 1.54) is 10.6 Å². The molecule has 0 aliphatic carbocycles. The summed E-state index contributed by atoms with van der Waals surface area (Å²) >= 11 is 6.72.